The van der Waals surface area contributed by atoms with Crippen LogP contribution in [0.3, 0.4) is 0 Å². The average Bonchev–Trinajstić information content (AvgIpc) is 2.40. The van der Waals surface area contributed by atoms with Crippen LogP contribution in [0.4, 0.5) is 0 Å². The second-order valence-corrected chi connectivity index (χ2v) is 8.22. The summed E-state index contributed by atoms with van der Waals surface area (Å²) in [6, 6.07) is 2.15. The molecule has 0 heterocycles. The molecule has 0 aromatic heterocycles. The van der Waals surface area contributed by atoms with Gasteiger partial charge >= 0.3 is 0 Å². The van der Waals surface area contributed by atoms with Gasteiger partial charge in [-0.15, -0.1) is 0 Å². The van der Waals surface area contributed by atoms with Crippen molar-refractivity contribution in [1.82, 2.24) is 4.98 Å². The van der Waals surface area contributed by atoms with Gasteiger partial charge < -0.3 is 9.41 Å². The van der Waals surface area contributed by atoms with Crippen molar-refractivity contribution in [3.05, 3.63) is 0 Å². The van der Waals surface area contributed by atoms with Crippen molar-refractivity contribution in [3.63, 3.8) is 0 Å². The van der Waals surface area contributed by atoms with Crippen molar-refractivity contribution >= 4 is 9.20 Å². The lowest BCUT2D eigenvalue weighted by Crippen LogP contribution is -2.45. The van der Waals surface area contributed by atoms with Crippen molar-refractivity contribution in [1.29, 1.82) is 0 Å². The van der Waals surface area contributed by atoms with Gasteiger partial charge in [0.15, 0.2) is 0 Å². The summed E-state index contributed by atoms with van der Waals surface area (Å²) in [4.78, 5) is 3.87. The van der Waals surface area contributed by atoms with Gasteiger partial charge in [0.2, 0.25) is 0 Å². The van der Waals surface area contributed by atoms with E-state index in [4.69, 9.17) is 4.43 Å². The third-order valence-corrected chi connectivity index (χ3v) is 7.09. The van der Waals surface area contributed by atoms with E-state index in [9.17, 15) is 0 Å². The van der Waals surface area contributed by atoms with E-state index in [1.807, 2.05) is 7.11 Å². The lowest BCUT2D eigenvalue weighted by atomic mass is 9.91. The summed E-state index contributed by atoms with van der Waals surface area (Å²) in [6.07, 6.45) is 14.4. The first-order valence-corrected chi connectivity index (χ1v) is 9.54. The molecule has 2 fully saturated rings. The molecule has 2 rings (SSSR count). The van der Waals surface area contributed by atoms with Crippen LogP contribution in [0.15, 0.2) is 0 Å². The van der Waals surface area contributed by atoms with E-state index in [0.717, 1.165) is 12.0 Å². The van der Waals surface area contributed by atoms with E-state index >= 15 is 0 Å². The van der Waals surface area contributed by atoms with Crippen LogP contribution in [0, 0.1) is 5.92 Å². The maximum absolute atomic E-state index is 5.78. The van der Waals surface area contributed by atoms with Gasteiger partial charge in [-0.05, 0) is 24.8 Å². The third kappa shape index (κ3) is 4.72. The zero-order valence-electron chi connectivity index (χ0n) is 11.4. The monoisotopic (exact) mass is 255 g/mol. The van der Waals surface area contributed by atoms with Crippen molar-refractivity contribution in [2.24, 2.45) is 5.92 Å². The number of hydrogen-bond acceptors (Lipinski definition) is 2. The fourth-order valence-corrected chi connectivity index (χ4v) is 5.89. The summed E-state index contributed by atoms with van der Waals surface area (Å²) in [7, 11) is 0.817. The Bertz CT molecular complexity index is 180. The van der Waals surface area contributed by atoms with Gasteiger partial charge in [0.05, 0.1) is 0 Å². The number of nitrogens with one attached hydrogen (secondary N) is 1. The molecule has 2 aliphatic rings. The topological polar surface area (TPSA) is 21.3 Å². The average molecular weight is 255 g/mol. The zero-order chi connectivity index (χ0) is 11.9. The Balaban J connectivity index is 1.71. The molecule has 2 aliphatic carbocycles. The predicted molar refractivity (Wildman–Crippen MR) is 75.5 cm³/mol. The quantitative estimate of drug-likeness (QED) is 0.761. The molecular formula is C14H29NOSi. The lowest BCUT2D eigenvalue weighted by molar-refractivity contribution is 0.331. The standard InChI is InChI=1S/C14H29NOSi/c1-16-17(12-13-8-4-2-5-9-13)15-14-10-6-3-7-11-14/h13-15,17H,2-12H2,1H3. The maximum atomic E-state index is 5.78. The van der Waals surface area contributed by atoms with E-state index in [1.165, 1.54) is 70.3 Å². The molecular weight excluding hydrogens is 226 g/mol. The maximum Gasteiger partial charge on any atom is 0.252 e. The van der Waals surface area contributed by atoms with Gasteiger partial charge in [0, 0.05) is 13.2 Å². The summed E-state index contributed by atoms with van der Waals surface area (Å²) >= 11 is 0. The predicted octanol–water partition coefficient (Wildman–Crippen LogP) is 3.36. The van der Waals surface area contributed by atoms with Crippen molar-refractivity contribution < 1.29 is 4.43 Å². The summed E-state index contributed by atoms with van der Waals surface area (Å²) in [5.74, 6) is 0.969. The van der Waals surface area contributed by atoms with Gasteiger partial charge in [-0.25, -0.2) is 0 Å². The molecule has 0 spiro atoms. The van der Waals surface area contributed by atoms with Crippen molar-refractivity contribution in [3.8, 4) is 0 Å². The van der Waals surface area contributed by atoms with E-state index in [0.29, 0.717) is 0 Å². The molecule has 1 atom stereocenters. The summed E-state index contributed by atoms with van der Waals surface area (Å²) in [6.45, 7) is 0. The van der Waals surface area contributed by atoms with Crippen molar-refractivity contribution in [2.75, 3.05) is 7.11 Å². The van der Waals surface area contributed by atoms with E-state index < -0.39 is 9.20 Å². The van der Waals surface area contributed by atoms with Crippen LogP contribution < -0.4 is 4.98 Å². The third-order valence-electron chi connectivity index (χ3n) is 4.58. The highest BCUT2D eigenvalue weighted by molar-refractivity contribution is 6.49. The van der Waals surface area contributed by atoms with Crippen LogP contribution in [0.2, 0.25) is 6.04 Å². The molecule has 1 unspecified atom stereocenters. The molecule has 0 aromatic rings. The Morgan fingerprint density at radius 3 is 2.12 bits per heavy atom. The first kappa shape index (κ1) is 13.6. The molecule has 0 bridgehead atoms. The molecule has 0 aromatic carbocycles. The summed E-state index contributed by atoms with van der Waals surface area (Å²) < 4.78 is 5.78. The number of rotatable bonds is 5. The zero-order valence-corrected chi connectivity index (χ0v) is 12.6. The smallest absolute Gasteiger partial charge is 0.252 e. The molecule has 0 radical (unpaired) electrons. The van der Waals surface area contributed by atoms with Gasteiger partial charge in [-0.1, -0.05) is 51.4 Å². The fourth-order valence-electron chi connectivity index (χ4n) is 3.49. The fraction of sp³-hybridized carbons (Fsp3) is 1.00. The first-order valence-electron chi connectivity index (χ1n) is 7.67. The number of hydrogen-bond donors (Lipinski definition) is 1. The van der Waals surface area contributed by atoms with E-state index in [2.05, 4.69) is 4.98 Å². The SMILES string of the molecule is CO[SiH](CC1CCCCC1)NC1CCCCC1. The Labute approximate surface area is 108 Å². The van der Waals surface area contributed by atoms with Gasteiger partial charge in [0.25, 0.3) is 9.20 Å². The Morgan fingerprint density at radius 1 is 0.941 bits per heavy atom. The highest BCUT2D eigenvalue weighted by Gasteiger charge is 2.23. The van der Waals surface area contributed by atoms with Crippen LogP contribution in [-0.2, 0) is 4.43 Å². The molecule has 2 saturated carbocycles. The second-order valence-electron chi connectivity index (χ2n) is 5.97. The van der Waals surface area contributed by atoms with Crippen LogP contribution in [0.5, 0.6) is 0 Å². The minimum atomic E-state index is -1.11. The normalized spacial score (nSPS) is 25.9. The Kier molecular flexibility index (Phi) is 6.02. The Hall–Kier alpha value is 0.137. The van der Waals surface area contributed by atoms with Crippen LogP contribution in [-0.4, -0.2) is 22.4 Å². The molecule has 1 N–H and O–H groups in total. The van der Waals surface area contributed by atoms with Crippen LogP contribution >= 0.6 is 0 Å². The highest BCUT2D eigenvalue weighted by Crippen LogP contribution is 2.28. The molecule has 100 valence electrons. The molecule has 3 heteroatoms. The Morgan fingerprint density at radius 2 is 1.53 bits per heavy atom. The largest absolute Gasteiger partial charge is 0.409 e. The van der Waals surface area contributed by atoms with Gasteiger partial charge in [-0.2, -0.15) is 0 Å². The lowest BCUT2D eigenvalue weighted by Gasteiger charge is -2.30. The minimum Gasteiger partial charge on any atom is -0.409 e. The van der Waals surface area contributed by atoms with Crippen molar-refractivity contribution in [2.45, 2.75) is 76.3 Å². The minimum absolute atomic E-state index is 0.781. The van der Waals surface area contributed by atoms with Gasteiger partial charge in [0.1, 0.15) is 0 Å². The summed E-state index contributed by atoms with van der Waals surface area (Å²) in [5.41, 5.74) is 0. The molecule has 0 saturated heterocycles. The summed E-state index contributed by atoms with van der Waals surface area (Å²) in [5, 5.41) is 0. The van der Waals surface area contributed by atoms with E-state index in [1.54, 1.807) is 0 Å². The first-order chi connectivity index (χ1) is 8.38. The van der Waals surface area contributed by atoms with Crippen LogP contribution in [0.1, 0.15) is 64.2 Å². The molecule has 2 nitrogen and oxygen atoms in total. The second kappa shape index (κ2) is 7.55. The highest BCUT2D eigenvalue weighted by atomic mass is 28.3. The molecule has 17 heavy (non-hydrogen) atoms. The molecule has 0 amide bonds. The molecule has 0 aliphatic heterocycles. The van der Waals surface area contributed by atoms with Gasteiger partial charge in [-0.3, -0.25) is 0 Å². The van der Waals surface area contributed by atoms with E-state index in [-0.39, 0.29) is 0 Å². The van der Waals surface area contributed by atoms with Crippen LogP contribution in [0.25, 0.3) is 0 Å².